The van der Waals surface area contributed by atoms with E-state index in [9.17, 15) is 13.2 Å². The molecule has 120 valence electrons. The quantitative estimate of drug-likeness (QED) is 0.911. The number of hydrogen-bond acceptors (Lipinski definition) is 4. The van der Waals surface area contributed by atoms with Gasteiger partial charge in [0, 0.05) is 18.5 Å². The van der Waals surface area contributed by atoms with E-state index >= 15 is 0 Å². The lowest BCUT2D eigenvalue weighted by atomic mass is 10.0. The van der Waals surface area contributed by atoms with Gasteiger partial charge in [0.1, 0.15) is 0 Å². The third-order valence-corrected chi connectivity index (χ3v) is 4.58. The highest BCUT2D eigenvalue weighted by Gasteiger charge is 2.24. The summed E-state index contributed by atoms with van der Waals surface area (Å²) >= 11 is 0. The number of hydrogen-bond donors (Lipinski definition) is 1. The van der Waals surface area contributed by atoms with E-state index in [-0.39, 0.29) is 28.7 Å². The summed E-state index contributed by atoms with van der Waals surface area (Å²) in [5.41, 5.74) is 0.624. The lowest BCUT2D eigenvalue weighted by Gasteiger charge is -2.20. The number of fused-ring (bicyclic) bond motifs is 1. The van der Waals surface area contributed by atoms with E-state index in [1.54, 1.807) is 24.4 Å². The second-order valence-corrected chi connectivity index (χ2v) is 7.61. The van der Waals surface area contributed by atoms with Gasteiger partial charge in [0.2, 0.25) is 15.0 Å². The third kappa shape index (κ3) is 3.14. The molecule has 7 heteroatoms. The van der Waals surface area contributed by atoms with E-state index < -0.39 is 9.84 Å². The lowest BCUT2D eigenvalue weighted by Crippen LogP contribution is -2.38. The fourth-order valence-electron chi connectivity index (χ4n) is 2.42. The van der Waals surface area contributed by atoms with E-state index in [4.69, 9.17) is 0 Å². The topological polar surface area (TPSA) is 80.5 Å². The van der Waals surface area contributed by atoms with Gasteiger partial charge in [0.15, 0.2) is 5.69 Å². The molecule has 0 unspecified atom stereocenters. The van der Waals surface area contributed by atoms with Crippen LogP contribution in [0.2, 0.25) is 0 Å². The zero-order chi connectivity index (χ0) is 16.5. The molecule has 0 radical (unpaired) electrons. The second kappa shape index (κ2) is 6.08. The summed E-state index contributed by atoms with van der Waals surface area (Å²) in [4.78, 5) is 16.6. The highest BCUT2D eigenvalue weighted by molar-refractivity contribution is 7.90. The van der Waals surface area contributed by atoms with Gasteiger partial charge < -0.3 is 5.32 Å². The molecule has 1 amide bonds. The molecule has 2 rings (SSSR count). The van der Waals surface area contributed by atoms with Gasteiger partial charge in [0.25, 0.3) is 5.91 Å². The summed E-state index contributed by atoms with van der Waals surface area (Å²) in [5.74, 6) is -0.0589. The molecule has 0 aliphatic heterocycles. The summed E-state index contributed by atoms with van der Waals surface area (Å²) in [6.45, 7) is 6.06. The molecule has 0 spiro atoms. The molecule has 0 fully saturated rings. The number of carbonyl (C=O) groups excluding carboxylic acids is 1. The smallest absolute Gasteiger partial charge is 0.272 e. The van der Waals surface area contributed by atoms with Crippen LogP contribution >= 0.6 is 0 Å². The van der Waals surface area contributed by atoms with Crippen molar-refractivity contribution < 1.29 is 13.2 Å². The number of nitrogens with zero attached hydrogens (tertiary/aromatic N) is 2. The first-order valence-electron chi connectivity index (χ1n) is 7.23. The van der Waals surface area contributed by atoms with Crippen molar-refractivity contribution in [3.05, 3.63) is 30.1 Å². The molecule has 6 nitrogen and oxygen atoms in total. The van der Waals surface area contributed by atoms with Crippen molar-refractivity contribution in [1.29, 1.82) is 0 Å². The summed E-state index contributed by atoms with van der Waals surface area (Å²) in [6, 6.07) is 5.16. The Morgan fingerprint density at radius 1 is 1.36 bits per heavy atom. The zero-order valence-electron chi connectivity index (χ0n) is 13.2. The number of amides is 1. The van der Waals surface area contributed by atoms with Gasteiger partial charge in [-0.15, -0.1) is 0 Å². The average Bonchev–Trinajstić information content (AvgIpc) is 2.83. The van der Waals surface area contributed by atoms with Crippen LogP contribution in [0.25, 0.3) is 5.52 Å². The monoisotopic (exact) mass is 323 g/mol. The van der Waals surface area contributed by atoms with Crippen LogP contribution in [0.5, 0.6) is 0 Å². The first kappa shape index (κ1) is 16.5. The van der Waals surface area contributed by atoms with E-state index in [0.717, 1.165) is 12.7 Å². The molecule has 1 N–H and O–H groups in total. The van der Waals surface area contributed by atoms with E-state index in [1.165, 1.54) is 4.40 Å². The molecular formula is C15H21N3O3S. The molecule has 0 bridgehead atoms. The summed E-state index contributed by atoms with van der Waals surface area (Å²) < 4.78 is 25.1. The molecule has 0 saturated carbocycles. The molecule has 2 aromatic heterocycles. The van der Waals surface area contributed by atoms with Crippen molar-refractivity contribution in [1.82, 2.24) is 14.7 Å². The third-order valence-electron chi connectivity index (χ3n) is 3.62. The Morgan fingerprint density at radius 3 is 2.59 bits per heavy atom. The van der Waals surface area contributed by atoms with Gasteiger partial charge in [-0.3, -0.25) is 9.20 Å². The van der Waals surface area contributed by atoms with Crippen molar-refractivity contribution in [3.63, 3.8) is 0 Å². The lowest BCUT2D eigenvalue weighted by molar-refractivity contribution is 0.0921. The van der Waals surface area contributed by atoms with Crippen molar-refractivity contribution in [2.45, 2.75) is 38.4 Å². The van der Waals surface area contributed by atoms with Gasteiger partial charge in [-0.1, -0.05) is 26.8 Å². The van der Waals surface area contributed by atoms with Gasteiger partial charge >= 0.3 is 0 Å². The van der Waals surface area contributed by atoms with Gasteiger partial charge in [-0.2, -0.15) is 0 Å². The Balaban J connectivity index is 2.50. The molecule has 22 heavy (non-hydrogen) atoms. The summed E-state index contributed by atoms with van der Waals surface area (Å²) in [5, 5.41) is 2.81. The number of nitrogens with one attached hydrogen (secondary N) is 1. The molecular weight excluding hydrogens is 302 g/mol. The number of imidazole rings is 1. The van der Waals surface area contributed by atoms with Crippen LogP contribution in [0.15, 0.2) is 29.6 Å². The Kier molecular flexibility index (Phi) is 4.55. The second-order valence-electron chi connectivity index (χ2n) is 5.70. The molecule has 1 atom stereocenters. The van der Waals surface area contributed by atoms with E-state index in [2.05, 4.69) is 10.3 Å². The van der Waals surface area contributed by atoms with Crippen molar-refractivity contribution in [2.75, 3.05) is 6.26 Å². The largest absolute Gasteiger partial charge is 0.348 e. The maximum Gasteiger partial charge on any atom is 0.272 e. The van der Waals surface area contributed by atoms with Crippen LogP contribution in [-0.2, 0) is 9.84 Å². The Hall–Kier alpha value is -1.89. The van der Waals surface area contributed by atoms with Crippen molar-refractivity contribution in [2.24, 2.45) is 5.92 Å². The maximum absolute atomic E-state index is 12.5. The summed E-state index contributed by atoms with van der Waals surface area (Å²) in [6.07, 6.45) is 3.47. The fourth-order valence-corrected chi connectivity index (χ4v) is 3.19. The SMILES string of the molecule is CC[C@H](NC(=O)c1nc(S(C)(=O)=O)n2ccccc12)C(C)C. The average molecular weight is 323 g/mol. The van der Waals surface area contributed by atoms with Crippen molar-refractivity contribution in [3.8, 4) is 0 Å². The molecule has 2 heterocycles. The van der Waals surface area contributed by atoms with Crippen LogP contribution in [0.3, 0.4) is 0 Å². The van der Waals surface area contributed by atoms with Crippen molar-refractivity contribution >= 4 is 21.3 Å². The van der Waals surface area contributed by atoms with E-state index in [1.807, 2.05) is 20.8 Å². The van der Waals surface area contributed by atoms with Crippen LogP contribution < -0.4 is 5.32 Å². The van der Waals surface area contributed by atoms with Crippen LogP contribution in [0.1, 0.15) is 37.7 Å². The molecule has 0 aliphatic carbocycles. The summed E-state index contributed by atoms with van der Waals surface area (Å²) in [7, 11) is -3.52. The fraction of sp³-hybridized carbons (Fsp3) is 0.467. The number of rotatable bonds is 5. The Morgan fingerprint density at radius 2 is 2.05 bits per heavy atom. The maximum atomic E-state index is 12.5. The number of carbonyl (C=O) groups is 1. The van der Waals surface area contributed by atoms with Crippen LogP contribution in [0.4, 0.5) is 0 Å². The predicted molar refractivity (Wildman–Crippen MR) is 84.7 cm³/mol. The first-order chi connectivity index (χ1) is 10.3. The predicted octanol–water partition coefficient (Wildman–Crippen LogP) is 1.90. The minimum Gasteiger partial charge on any atom is -0.348 e. The molecule has 0 aliphatic rings. The number of sulfone groups is 1. The highest BCUT2D eigenvalue weighted by atomic mass is 32.2. The van der Waals surface area contributed by atoms with Crippen LogP contribution in [-0.4, -0.2) is 36.0 Å². The Labute approximate surface area is 130 Å². The van der Waals surface area contributed by atoms with Gasteiger partial charge in [-0.05, 0) is 24.5 Å². The van der Waals surface area contributed by atoms with Crippen LogP contribution in [0, 0.1) is 5.92 Å². The van der Waals surface area contributed by atoms with Gasteiger partial charge in [0.05, 0.1) is 5.52 Å². The Bertz CT molecular complexity index is 793. The minimum atomic E-state index is -3.52. The normalized spacial score (nSPS) is 13.5. The minimum absolute atomic E-state index is 0.0228. The standard InChI is InChI=1S/C15H21N3O3S/c1-5-11(10(2)3)16-14(19)13-12-8-6-7-9-18(12)15(17-13)22(4,20)21/h6-11H,5H2,1-4H3,(H,16,19)/t11-/m0/s1. The highest BCUT2D eigenvalue weighted by Crippen LogP contribution is 2.17. The molecule has 0 saturated heterocycles. The number of aromatic nitrogens is 2. The van der Waals surface area contributed by atoms with E-state index in [0.29, 0.717) is 5.52 Å². The molecule has 0 aromatic carbocycles. The first-order valence-corrected chi connectivity index (χ1v) is 9.12. The molecule has 2 aromatic rings. The van der Waals surface area contributed by atoms with Gasteiger partial charge in [-0.25, -0.2) is 13.4 Å². The number of pyridine rings is 1. The zero-order valence-corrected chi connectivity index (χ0v) is 14.0.